The van der Waals surface area contributed by atoms with Crippen molar-refractivity contribution in [2.45, 2.75) is 20.0 Å². The summed E-state index contributed by atoms with van der Waals surface area (Å²) in [5, 5.41) is 9.35. The van der Waals surface area contributed by atoms with Crippen LogP contribution < -0.4 is 4.74 Å². The normalized spacial score (nSPS) is 12.2. The highest BCUT2D eigenvalue weighted by Gasteiger charge is 2.06. The maximum Gasteiger partial charge on any atom is 0.219 e. The molecule has 94 valence electrons. The second-order valence-electron chi connectivity index (χ2n) is 4.12. The molecule has 18 heavy (non-hydrogen) atoms. The first-order valence-corrected chi connectivity index (χ1v) is 5.64. The molecular formula is C14H14FNO2. The Kier molecular flexibility index (Phi) is 3.58. The molecular weight excluding hydrogens is 233 g/mol. The minimum atomic E-state index is -0.567. The Labute approximate surface area is 105 Å². The Balaban J connectivity index is 2.21. The molecule has 1 aromatic heterocycles. The van der Waals surface area contributed by atoms with E-state index in [2.05, 4.69) is 4.98 Å². The number of rotatable bonds is 3. The lowest BCUT2D eigenvalue weighted by atomic mass is 10.2. The molecule has 0 fully saturated rings. The molecule has 0 aliphatic heterocycles. The first kappa shape index (κ1) is 12.5. The van der Waals surface area contributed by atoms with Gasteiger partial charge in [-0.05, 0) is 37.1 Å². The van der Waals surface area contributed by atoms with E-state index >= 15 is 0 Å². The number of ether oxygens (including phenoxy) is 1. The number of hydrogen-bond donors (Lipinski definition) is 1. The van der Waals surface area contributed by atoms with Crippen LogP contribution in [0.15, 0.2) is 36.5 Å². The van der Waals surface area contributed by atoms with E-state index in [0.717, 1.165) is 5.56 Å². The van der Waals surface area contributed by atoms with Gasteiger partial charge in [-0.1, -0.05) is 6.07 Å². The number of aryl methyl sites for hydroxylation is 1. The molecule has 0 radical (unpaired) electrons. The molecule has 0 bridgehead atoms. The smallest absolute Gasteiger partial charge is 0.219 e. The molecule has 0 saturated heterocycles. The molecule has 4 heteroatoms. The van der Waals surface area contributed by atoms with Crippen LogP contribution in [-0.2, 0) is 0 Å². The Morgan fingerprint density at radius 1 is 1.28 bits per heavy atom. The fourth-order valence-electron chi connectivity index (χ4n) is 1.50. The third kappa shape index (κ3) is 2.84. The molecule has 0 saturated carbocycles. The SMILES string of the molecule is Cc1ccc(F)cc1Oc1ccc([C@H](C)O)cn1. The molecule has 1 N–H and O–H groups in total. The topological polar surface area (TPSA) is 42.4 Å². The minimum absolute atomic E-state index is 0.351. The van der Waals surface area contributed by atoms with E-state index in [9.17, 15) is 9.50 Å². The van der Waals surface area contributed by atoms with Gasteiger partial charge in [-0.15, -0.1) is 0 Å². The summed E-state index contributed by atoms with van der Waals surface area (Å²) >= 11 is 0. The van der Waals surface area contributed by atoms with Gasteiger partial charge in [0.15, 0.2) is 0 Å². The number of aliphatic hydroxyl groups is 1. The van der Waals surface area contributed by atoms with Crippen LogP contribution in [0, 0.1) is 12.7 Å². The van der Waals surface area contributed by atoms with Crippen LogP contribution in [0.1, 0.15) is 24.2 Å². The number of hydrogen-bond acceptors (Lipinski definition) is 3. The van der Waals surface area contributed by atoms with Crippen LogP contribution in [0.4, 0.5) is 4.39 Å². The molecule has 3 nitrogen and oxygen atoms in total. The average molecular weight is 247 g/mol. The lowest BCUT2D eigenvalue weighted by molar-refractivity contribution is 0.198. The maximum atomic E-state index is 13.1. The van der Waals surface area contributed by atoms with Crippen LogP contribution in [0.3, 0.4) is 0 Å². The average Bonchev–Trinajstić information content (AvgIpc) is 2.34. The summed E-state index contributed by atoms with van der Waals surface area (Å²) in [6, 6.07) is 7.72. The summed E-state index contributed by atoms with van der Waals surface area (Å²) in [5.41, 5.74) is 1.54. The van der Waals surface area contributed by atoms with Crippen molar-refractivity contribution < 1.29 is 14.2 Å². The molecule has 0 aliphatic rings. The highest BCUT2D eigenvalue weighted by Crippen LogP contribution is 2.25. The summed E-state index contributed by atoms with van der Waals surface area (Å²) in [6.07, 6.45) is 0.969. The predicted molar refractivity (Wildman–Crippen MR) is 66.1 cm³/mol. The van der Waals surface area contributed by atoms with Crippen LogP contribution in [0.2, 0.25) is 0 Å². The van der Waals surface area contributed by atoms with Gasteiger partial charge in [0.1, 0.15) is 11.6 Å². The van der Waals surface area contributed by atoms with Crippen molar-refractivity contribution in [1.82, 2.24) is 4.98 Å². The molecule has 1 heterocycles. The van der Waals surface area contributed by atoms with Crippen LogP contribution >= 0.6 is 0 Å². The first-order valence-electron chi connectivity index (χ1n) is 5.64. The van der Waals surface area contributed by atoms with E-state index in [4.69, 9.17) is 4.74 Å². The van der Waals surface area contributed by atoms with Crippen LogP contribution in [0.25, 0.3) is 0 Å². The second-order valence-corrected chi connectivity index (χ2v) is 4.12. The third-order valence-electron chi connectivity index (χ3n) is 2.61. The van der Waals surface area contributed by atoms with E-state index in [-0.39, 0.29) is 5.82 Å². The van der Waals surface area contributed by atoms with Crippen molar-refractivity contribution in [3.05, 3.63) is 53.5 Å². The van der Waals surface area contributed by atoms with E-state index in [1.807, 2.05) is 6.92 Å². The van der Waals surface area contributed by atoms with Crippen LogP contribution in [0.5, 0.6) is 11.6 Å². The zero-order valence-corrected chi connectivity index (χ0v) is 10.2. The summed E-state index contributed by atoms with van der Waals surface area (Å²) in [6.45, 7) is 3.49. The van der Waals surface area contributed by atoms with Gasteiger partial charge in [0.25, 0.3) is 0 Å². The van der Waals surface area contributed by atoms with Gasteiger partial charge in [-0.25, -0.2) is 9.37 Å². The van der Waals surface area contributed by atoms with E-state index in [1.54, 1.807) is 25.1 Å². The van der Waals surface area contributed by atoms with E-state index in [0.29, 0.717) is 17.2 Å². The molecule has 1 aromatic carbocycles. The van der Waals surface area contributed by atoms with Gasteiger partial charge in [0.05, 0.1) is 6.10 Å². The van der Waals surface area contributed by atoms with Crippen molar-refractivity contribution in [3.63, 3.8) is 0 Å². The Morgan fingerprint density at radius 3 is 2.67 bits per heavy atom. The molecule has 2 rings (SSSR count). The highest BCUT2D eigenvalue weighted by atomic mass is 19.1. The maximum absolute atomic E-state index is 13.1. The summed E-state index contributed by atoms with van der Waals surface area (Å²) in [7, 11) is 0. The fraction of sp³-hybridized carbons (Fsp3) is 0.214. The fourth-order valence-corrected chi connectivity index (χ4v) is 1.50. The largest absolute Gasteiger partial charge is 0.439 e. The zero-order chi connectivity index (χ0) is 13.1. The van der Waals surface area contributed by atoms with Gasteiger partial charge in [0.2, 0.25) is 5.88 Å². The third-order valence-corrected chi connectivity index (χ3v) is 2.61. The standard InChI is InChI=1S/C14H14FNO2/c1-9-3-5-12(15)7-13(9)18-14-6-4-11(8-16-14)10(2)17/h3-8,10,17H,1-2H3/t10-/m0/s1. The number of benzene rings is 1. The van der Waals surface area contributed by atoms with Gasteiger partial charge in [-0.2, -0.15) is 0 Å². The Hall–Kier alpha value is -1.94. The second kappa shape index (κ2) is 5.14. The summed E-state index contributed by atoms with van der Waals surface area (Å²) in [5.74, 6) is 0.455. The van der Waals surface area contributed by atoms with Crippen LogP contribution in [-0.4, -0.2) is 10.1 Å². The number of nitrogens with zero attached hydrogens (tertiary/aromatic N) is 1. The highest BCUT2D eigenvalue weighted by molar-refractivity contribution is 5.35. The van der Waals surface area contributed by atoms with Crippen molar-refractivity contribution >= 4 is 0 Å². The lowest BCUT2D eigenvalue weighted by Crippen LogP contribution is -1.95. The summed E-state index contributed by atoms with van der Waals surface area (Å²) in [4.78, 5) is 4.06. The van der Waals surface area contributed by atoms with Crippen molar-refractivity contribution in [3.8, 4) is 11.6 Å². The van der Waals surface area contributed by atoms with Crippen molar-refractivity contribution in [2.75, 3.05) is 0 Å². The van der Waals surface area contributed by atoms with Crippen molar-refractivity contribution in [2.24, 2.45) is 0 Å². The Morgan fingerprint density at radius 2 is 2.06 bits per heavy atom. The first-order chi connectivity index (χ1) is 8.56. The number of aromatic nitrogens is 1. The predicted octanol–water partition coefficient (Wildman–Crippen LogP) is 3.37. The number of aliphatic hydroxyl groups excluding tert-OH is 1. The molecule has 0 amide bonds. The van der Waals surface area contributed by atoms with Gasteiger partial charge < -0.3 is 9.84 Å². The molecule has 0 unspecified atom stereocenters. The minimum Gasteiger partial charge on any atom is -0.439 e. The number of pyridine rings is 1. The van der Waals surface area contributed by atoms with E-state index < -0.39 is 6.10 Å². The molecule has 2 aromatic rings. The summed E-state index contributed by atoms with van der Waals surface area (Å²) < 4.78 is 18.6. The quantitative estimate of drug-likeness (QED) is 0.904. The number of halogens is 1. The Bertz CT molecular complexity index is 538. The zero-order valence-electron chi connectivity index (χ0n) is 10.2. The van der Waals surface area contributed by atoms with Crippen molar-refractivity contribution in [1.29, 1.82) is 0 Å². The van der Waals surface area contributed by atoms with Gasteiger partial charge >= 0.3 is 0 Å². The van der Waals surface area contributed by atoms with E-state index in [1.165, 1.54) is 18.3 Å². The van der Waals surface area contributed by atoms with Gasteiger partial charge in [0, 0.05) is 18.3 Å². The monoisotopic (exact) mass is 247 g/mol. The molecule has 0 aliphatic carbocycles. The van der Waals surface area contributed by atoms with Gasteiger partial charge in [-0.3, -0.25) is 0 Å². The molecule has 0 spiro atoms. The molecule has 1 atom stereocenters. The lowest BCUT2D eigenvalue weighted by Gasteiger charge is -2.09.